The van der Waals surface area contributed by atoms with Crippen LogP contribution in [0, 0.1) is 35.5 Å². The van der Waals surface area contributed by atoms with Gasteiger partial charge in [0, 0.05) is 66.8 Å². The second kappa shape index (κ2) is 19.1. The van der Waals surface area contributed by atoms with E-state index in [1.807, 2.05) is 164 Å². The van der Waals surface area contributed by atoms with E-state index in [-0.39, 0.29) is 33.6 Å². The van der Waals surface area contributed by atoms with Gasteiger partial charge >= 0.3 is 0 Å². The van der Waals surface area contributed by atoms with E-state index >= 15 is 0 Å². The summed E-state index contributed by atoms with van der Waals surface area (Å²) in [7, 11) is 0. The number of rotatable bonds is 6. The summed E-state index contributed by atoms with van der Waals surface area (Å²) >= 11 is 0. The first-order valence-electron chi connectivity index (χ1n) is 22.3. The van der Waals surface area contributed by atoms with Crippen LogP contribution in [0.25, 0.3) is 0 Å². The Morgan fingerprint density at radius 3 is 0.606 bits per heavy atom. The zero-order valence-electron chi connectivity index (χ0n) is 39.3. The summed E-state index contributed by atoms with van der Waals surface area (Å²) in [5.74, 6) is 19.5. The van der Waals surface area contributed by atoms with E-state index in [1.165, 1.54) is 16.7 Å². The molecule has 324 valence electrons. The van der Waals surface area contributed by atoms with Gasteiger partial charge in [0.15, 0.2) is 17.3 Å². The summed E-state index contributed by atoms with van der Waals surface area (Å²) in [5, 5.41) is 0. The van der Waals surface area contributed by atoms with E-state index in [1.54, 1.807) is 0 Å². The number of benzene rings is 7. The van der Waals surface area contributed by atoms with Gasteiger partial charge in [-0.2, -0.15) is 0 Å². The molecule has 0 amide bonds. The van der Waals surface area contributed by atoms with Crippen molar-refractivity contribution in [3.05, 3.63) is 247 Å². The molecule has 7 rings (SSSR count). The molecule has 0 fully saturated rings. The monoisotopic (exact) mass is 858 g/mol. The third-order valence-electron chi connectivity index (χ3n) is 11.5. The molecule has 3 heteroatoms. The van der Waals surface area contributed by atoms with Crippen LogP contribution in [0.3, 0.4) is 0 Å². The maximum Gasteiger partial charge on any atom is 0.193 e. The molecule has 0 aromatic heterocycles. The van der Waals surface area contributed by atoms with E-state index in [0.29, 0.717) is 33.4 Å². The molecular weight excluding hydrogens is 805 g/mol. The van der Waals surface area contributed by atoms with E-state index < -0.39 is 0 Å². The first-order valence-corrected chi connectivity index (χ1v) is 22.3. The summed E-state index contributed by atoms with van der Waals surface area (Å²) < 4.78 is 0. The molecule has 0 heterocycles. The van der Waals surface area contributed by atoms with Crippen LogP contribution in [0.2, 0.25) is 0 Å². The van der Waals surface area contributed by atoms with Crippen LogP contribution in [0.5, 0.6) is 0 Å². The Labute approximate surface area is 391 Å². The van der Waals surface area contributed by atoms with Gasteiger partial charge in [-0.15, -0.1) is 0 Å². The van der Waals surface area contributed by atoms with Crippen LogP contribution < -0.4 is 0 Å². The summed E-state index contributed by atoms with van der Waals surface area (Å²) in [5.41, 5.74) is 11.7. The molecule has 7 aromatic carbocycles. The van der Waals surface area contributed by atoms with Crippen molar-refractivity contribution in [3.63, 3.8) is 0 Å². The van der Waals surface area contributed by atoms with E-state index in [4.69, 9.17) is 0 Å². The molecule has 7 aromatic rings. The molecular formula is C63H54O3. The maximum absolute atomic E-state index is 13.3. The maximum atomic E-state index is 13.3. The van der Waals surface area contributed by atoms with Crippen molar-refractivity contribution in [2.75, 3.05) is 0 Å². The van der Waals surface area contributed by atoms with E-state index in [2.05, 4.69) is 97.8 Å². The lowest BCUT2D eigenvalue weighted by Crippen LogP contribution is -2.11. The van der Waals surface area contributed by atoms with E-state index in [0.717, 1.165) is 33.4 Å². The third-order valence-corrected chi connectivity index (χ3v) is 11.5. The van der Waals surface area contributed by atoms with Crippen LogP contribution in [-0.2, 0) is 16.2 Å². The van der Waals surface area contributed by atoms with Crippen molar-refractivity contribution < 1.29 is 14.4 Å². The minimum Gasteiger partial charge on any atom is -0.289 e. The van der Waals surface area contributed by atoms with E-state index in [9.17, 15) is 14.4 Å². The lowest BCUT2D eigenvalue weighted by atomic mass is 9.86. The first-order chi connectivity index (χ1) is 31.3. The van der Waals surface area contributed by atoms with Crippen LogP contribution in [0.15, 0.2) is 164 Å². The summed E-state index contributed by atoms with van der Waals surface area (Å²) in [4.78, 5) is 39.9. The van der Waals surface area contributed by atoms with Gasteiger partial charge in [0.25, 0.3) is 0 Å². The molecule has 0 N–H and O–H groups in total. The summed E-state index contributed by atoms with van der Waals surface area (Å²) in [6, 6.07) is 51.3. The van der Waals surface area contributed by atoms with Crippen molar-refractivity contribution in [3.8, 4) is 35.5 Å². The molecule has 0 bridgehead atoms. The van der Waals surface area contributed by atoms with Crippen molar-refractivity contribution in [2.24, 2.45) is 0 Å². The Hall–Kier alpha value is -7.77. The molecule has 0 spiro atoms. The van der Waals surface area contributed by atoms with Crippen LogP contribution >= 0.6 is 0 Å². The highest BCUT2D eigenvalue weighted by atomic mass is 16.1. The normalized spacial score (nSPS) is 11.2. The van der Waals surface area contributed by atoms with Gasteiger partial charge in [0.1, 0.15) is 0 Å². The quantitative estimate of drug-likeness (QED) is 0.124. The molecule has 0 radical (unpaired) electrons. The third kappa shape index (κ3) is 11.7. The molecule has 0 aliphatic carbocycles. The Morgan fingerprint density at radius 2 is 0.424 bits per heavy atom. The predicted octanol–water partition coefficient (Wildman–Crippen LogP) is 13.5. The first kappa shape index (κ1) is 46.2. The number of hydrogen-bond donors (Lipinski definition) is 0. The predicted molar refractivity (Wildman–Crippen MR) is 269 cm³/mol. The van der Waals surface area contributed by atoms with Crippen LogP contribution in [0.1, 0.15) is 160 Å². The van der Waals surface area contributed by atoms with Gasteiger partial charge in [-0.3, -0.25) is 14.4 Å². The lowest BCUT2D eigenvalue weighted by molar-refractivity contribution is 0.103. The Morgan fingerprint density at radius 1 is 0.258 bits per heavy atom. The molecule has 3 nitrogen and oxygen atoms in total. The smallest absolute Gasteiger partial charge is 0.193 e. The zero-order valence-corrected chi connectivity index (χ0v) is 39.3. The minimum absolute atomic E-state index is 0.00623. The number of ketones is 3. The molecule has 0 saturated heterocycles. The Balaban J connectivity index is 1.13. The van der Waals surface area contributed by atoms with Crippen molar-refractivity contribution in [2.45, 2.75) is 78.6 Å². The fourth-order valence-corrected chi connectivity index (χ4v) is 7.26. The van der Waals surface area contributed by atoms with Gasteiger partial charge < -0.3 is 0 Å². The largest absolute Gasteiger partial charge is 0.289 e. The average molecular weight is 859 g/mol. The second-order valence-electron chi connectivity index (χ2n) is 19.8. The molecule has 66 heavy (non-hydrogen) atoms. The topological polar surface area (TPSA) is 51.2 Å². The van der Waals surface area contributed by atoms with Crippen molar-refractivity contribution >= 4 is 17.3 Å². The number of hydrogen-bond acceptors (Lipinski definition) is 3. The highest BCUT2D eigenvalue weighted by Crippen LogP contribution is 2.26. The number of carbonyl (C=O) groups is 3. The SMILES string of the molecule is CC(C)(C)c1ccc(C(=O)c2ccc(C#Cc3cc(C#Cc4ccc(C(=O)c5ccc(C(C)(C)C)cc5)cc4)cc(C#Cc4ccc(C(=O)c5ccc(C(C)(C)C)cc5)cc4)c3)cc2)cc1. The lowest BCUT2D eigenvalue weighted by Gasteiger charge is -2.19. The van der Waals surface area contributed by atoms with Gasteiger partial charge in [-0.1, -0.05) is 171 Å². The van der Waals surface area contributed by atoms with Gasteiger partial charge in [0.2, 0.25) is 0 Å². The second-order valence-corrected chi connectivity index (χ2v) is 19.8. The van der Waals surface area contributed by atoms with Gasteiger partial charge in [-0.25, -0.2) is 0 Å². The van der Waals surface area contributed by atoms with Crippen LogP contribution in [0.4, 0.5) is 0 Å². The van der Waals surface area contributed by atoms with Gasteiger partial charge in [-0.05, 0) is 124 Å². The molecule has 0 atom stereocenters. The fraction of sp³-hybridized carbons (Fsp3) is 0.190. The molecule has 0 saturated carbocycles. The van der Waals surface area contributed by atoms with Crippen LogP contribution in [-0.4, -0.2) is 17.3 Å². The highest BCUT2D eigenvalue weighted by Gasteiger charge is 2.18. The molecule has 0 aliphatic rings. The number of carbonyl (C=O) groups excluding carboxylic acids is 3. The van der Waals surface area contributed by atoms with Gasteiger partial charge in [0.05, 0.1) is 0 Å². The Kier molecular flexibility index (Phi) is 13.4. The van der Waals surface area contributed by atoms with Crippen molar-refractivity contribution in [1.82, 2.24) is 0 Å². The zero-order chi connectivity index (χ0) is 47.2. The fourth-order valence-electron chi connectivity index (χ4n) is 7.26. The Bertz CT molecular complexity index is 2750. The minimum atomic E-state index is -0.0382. The molecule has 0 unspecified atom stereocenters. The summed E-state index contributed by atoms with van der Waals surface area (Å²) in [6.45, 7) is 19.4. The highest BCUT2D eigenvalue weighted by molar-refractivity contribution is 6.10. The van der Waals surface area contributed by atoms with Crippen molar-refractivity contribution in [1.29, 1.82) is 0 Å². The molecule has 0 aliphatic heterocycles. The summed E-state index contributed by atoms with van der Waals surface area (Å²) in [6.07, 6.45) is 0. The average Bonchev–Trinajstić information content (AvgIpc) is 3.31. The standard InChI is InChI=1S/C63H54O3/c1-61(2,3)55-34-28-52(29-35-55)58(64)49-22-16-43(17-23-49)10-13-46-40-47(14-11-44-18-24-50(25-19-44)59(65)53-30-36-56(37-31-53)62(4,5)6)42-48(41-46)15-12-45-20-26-51(27-21-45)60(66)54-32-38-57(39-33-54)63(7,8)9/h16-42H,1-9H3.